The van der Waals surface area contributed by atoms with Gasteiger partial charge in [-0.15, -0.1) is 0 Å². The molecular weight excluding hydrogens is 330 g/mol. The molecule has 140 valence electrons. The third-order valence-electron chi connectivity index (χ3n) is 6.44. The number of nitrogens with zero attached hydrogens (tertiary/aromatic N) is 3. The molecule has 6 heteroatoms. The number of amides is 1. The zero-order valence-corrected chi connectivity index (χ0v) is 15.2. The Balaban J connectivity index is 1.50. The molecule has 1 saturated carbocycles. The predicted octanol–water partition coefficient (Wildman–Crippen LogP) is 2.93. The molecule has 3 fully saturated rings. The minimum absolute atomic E-state index is 0.155. The van der Waals surface area contributed by atoms with Crippen LogP contribution in [0.3, 0.4) is 0 Å². The summed E-state index contributed by atoms with van der Waals surface area (Å²) >= 11 is 0. The summed E-state index contributed by atoms with van der Waals surface area (Å²) in [5.74, 6) is 0.235. The van der Waals surface area contributed by atoms with Crippen LogP contribution in [0.2, 0.25) is 0 Å². The van der Waals surface area contributed by atoms with Crippen molar-refractivity contribution >= 4 is 17.7 Å². The van der Waals surface area contributed by atoms with E-state index >= 15 is 0 Å². The first-order valence-electron chi connectivity index (χ1n) is 9.80. The van der Waals surface area contributed by atoms with Crippen molar-refractivity contribution in [1.29, 1.82) is 0 Å². The second-order valence-electron chi connectivity index (χ2n) is 8.20. The van der Waals surface area contributed by atoms with E-state index in [0.29, 0.717) is 18.4 Å². The lowest BCUT2D eigenvalue weighted by Gasteiger charge is -2.50. The quantitative estimate of drug-likeness (QED) is 0.900. The van der Waals surface area contributed by atoms with Gasteiger partial charge in [0.2, 0.25) is 5.91 Å². The van der Waals surface area contributed by atoms with Crippen LogP contribution >= 0.6 is 0 Å². The average Bonchev–Trinajstić information content (AvgIpc) is 3.19. The Hall–Kier alpha value is -2.11. The molecule has 1 spiro atoms. The molecule has 0 bridgehead atoms. The Morgan fingerprint density at radius 1 is 1.15 bits per heavy atom. The first kappa shape index (κ1) is 17.3. The van der Waals surface area contributed by atoms with E-state index in [1.807, 2.05) is 6.07 Å². The third kappa shape index (κ3) is 3.29. The van der Waals surface area contributed by atoms with Crippen LogP contribution in [0, 0.1) is 5.41 Å². The molecule has 3 heterocycles. The number of anilines is 1. The standard InChI is InChI=1S/C20H27N3O3/c24-18-8-10-20(14-23(18)16-4-1-2-5-16)9-3-11-22(13-20)17-7-6-15(12-21-17)19(25)26/h6-7,12,16H,1-5,8-11,13-14H2,(H,25,26). The number of carbonyl (C=O) groups excluding carboxylic acids is 1. The molecule has 4 rings (SSSR count). The number of likely N-dealkylation sites (tertiary alicyclic amines) is 1. The van der Waals surface area contributed by atoms with Crippen molar-refractivity contribution in [2.45, 2.75) is 57.4 Å². The summed E-state index contributed by atoms with van der Waals surface area (Å²) in [7, 11) is 0. The highest BCUT2D eigenvalue weighted by molar-refractivity contribution is 5.87. The van der Waals surface area contributed by atoms with E-state index in [0.717, 1.165) is 57.6 Å². The van der Waals surface area contributed by atoms with Gasteiger partial charge in [0.15, 0.2) is 0 Å². The maximum atomic E-state index is 12.5. The molecule has 26 heavy (non-hydrogen) atoms. The van der Waals surface area contributed by atoms with Gasteiger partial charge in [-0.2, -0.15) is 0 Å². The molecule has 0 aromatic carbocycles. The van der Waals surface area contributed by atoms with Crippen molar-refractivity contribution in [3.8, 4) is 0 Å². The number of carbonyl (C=O) groups is 2. The maximum Gasteiger partial charge on any atom is 0.337 e. The lowest BCUT2D eigenvalue weighted by atomic mass is 9.73. The lowest BCUT2D eigenvalue weighted by Crippen LogP contribution is -2.56. The minimum Gasteiger partial charge on any atom is -0.478 e. The molecule has 1 atom stereocenters. The van der Waals surface area contributed by atoms with Crippen LogP contribution in [0.4, 0.5) is 5.82 Å². The van der Waals surface area contributed by atoms with E-state index in [9.17, 15) is 9.59 Å². The topological polar surface area (TPSA) is 73.7 Å². The van der Waals surface area contributed by atoms with Gasteiger partial charge < -0.3 is 14.9 Å². The fraction of sp³-hybridized carbons (Fsp3) is 0.650. The predicted molar refractivity (Wildman–Crippen MR) is 98.3 cm³/mol. The number of hydrogen-bond donors (Lipinski definition) is 1. The number of aromatic carboxylic acids is 1. The van der Waals surface area contributed by atoms with Gasteiger partial charge in [-0.25, -0.2) is 9.78 Å². The number of pyridine rings is 1. The molecule has 2 aliphatic heterocycles. The summed E-state index contributed by atoms with van der Waals surface area (Å²) < 4.78 is 0. The molecule has 1 N–H and O–H groups in total. The normalized spacial score (nSPS) is 27.3. The van der Waals surface area contributed by atoms with Crippen molar-refractivity contribution in [1.82, 2.24) is 9.88 Å². The SMILES string of the molecule is O=C(O)c1ccc(N2CCCC3(CCC(=O)N(C4CCCC4)C3)C2)nc1. The number of carboxylic acids is 1. The van der Waals surface area contributed by atoms with Gasteiger partial charge in [0.25, 0.3) is 0 Å². The maximum absolute atomic E-state index is 12.5. The Labute approximate surface area is 154 Å². The summed E-state index contributed by atoms with van der Waals surface area (Å²) in [4.78, 5) is 32.4. The highest BCUT2D eigenvalue weighted by Gasteiger charge is 2.44. The second-order valence-corrected chi connectivity index (χ2v) is 8.20. The smallest absolute Gasteiger partial charge is 0.337 e. The summed E-state index contributed by atoms with van der Waals surface area (Å²) in [6.45, 7) is 2.72. The zero-order valence-electron chi connectivity index (χ0n) is 15.2. The van der Waals surface area contributed by atoms with Gasteiger partial charge in [0.05, 0.1) is 5.56 Å². The fourth-order valence-corrected chi connectivity index (χ4v) is 5.03. The van der Waals surface area contributed by atoms with Gasteiger partial charge in [0.1, 0.15) is 5.82 Å². The summed E-state index contributed by atoms with van der Waals surface area (Å²) in [6.07, 6.45) is 10.1. The Morgan fingerprint density at radius 2 is 1.96 bits per heavy atom. The minimum atomic E-state index is -0.947. The average molecular weight is 357 g/mol. The molecule has 1 aromatic heterocycles. The number of piperidine rings is 2. The molecule has 1 amide bonds. The highest BCUT2D eigenvalue weighted by atomic mass is 16.4. The van der Waals surface area contributed by atoms with Crippen LogP contribution in [0.15, 0.2) is 18.3 Å². The number of rotatable bonds is 3. The summed E-state index contributed by atoms with van der Waals surface area (Å²) in [5, 5.41) is 9.05. The molecular formula is C20H27N3O3. The fourth-order valence-electron chi connectivity index (χ4n) is 5.03. The van der Waals surface area contributed by atoms with Crippen LogP contribution in [-0.4, -0.2) is 52.5 Å². The van der Waals surface area contributed by atoms with Crippen LogP contribution in [0.1, 0.15) is 61.7 Å². The zero-order chi connectivity index (χ0) is 18.1. The van der Waals surface area contributed by atoms with E-state index in [1.54, 1.807) is 6.07 Å². The first-order valence-corrected chi connectivity index (χ1v) is 9.80. The Bertz CT molecular complexity index is 684. The van der Waals surface area contributed by atoms with Crippen LogP contribution < -0.4 is 4.90 Å². The van der Waals surface area contributed by atoms with Crippen LogP contribution in [0.5, 0.6) is 0 Å². The monoisotopic (exact) mass is 357 g/mol. The molecule has 6 nitrogen and oxygen atoms in total. The van der Waals surface area contributed by atoms with Crippen molar-refractivity contribution in [2.75, 3.05) is 24.5 Å². The lowest BCUT2D eigenvalue weighted by molar-refractivity contribution is -0.140. The first-order chi connectivity index (χ1) is 12.6. The molecule has 2 saturated heterocycles. The van der Waals surface area contributed by atoms with E-state index < -0.39 is 5.97 Å². The van der Waals surface area contributed by atoms with Crippen molar-refractivity contribution in [2.24, 2.45) is 5.41 Å². The molecule has 3 aliphatic rings. The Kier molecular flexibility index (Phi) is 4.59. The Morgan fingerprint density at radius 3 is 2.65 bits per heavy atom. The van der Waals surface area contributed by atoms with Crippen LogP contribution in [-0.2, 0) is 4.79 Å². The van der Waals surface area contributed by atoms with Crippen molar-refractivity contribution in [3.05, 3.63) is 23.9 Å². The molecule has 1 aliphatic carbocycles. The number of carboxylic acid groups (broad SMARTS) is 1. The van der Waals surface area contributed by atoms with Crippen LogP contribution in [0.25, 0.3) is 0 Å². The van der Waals surface area contributed by atoms with Gasteiger partial charge >= 0.3 is 5.97 Å². The third-order valence-corrected chi connectivity index (χ3v) is 6.44. The van der Waals surface area contributed by atoms with E-state index in [2.05, 4.69) is 14.8 Å². The van der Waals surface area contributed by atoms with Crippen molar-refractivity contribution < 1.29 is 14.7 Å². The number of hydrogen-bond acceptors (Lipinski definition) is 4. The second kappa shape index (κ2) is 6.89. The van der Waals surface area contributed by atoms with Crippen molar-refractivity contribution in [3.63, 3.8) is 0 Å². The van der Waals surface area contributed by atoms with E-state index in [1.165, 1.54) is 19.0 Å². The van der Waals surface area contributed by atoms with Gasteiger partial charge in [0, 0.05) is 43.7 Å². The van der Waals surface area contributed by atoms with Gasteiger partial charge in [-0.3, -0.25) is 4.79 Å². The molecule has 1 aromatic rings. The summed E-state index contributed by atoms with van der Waals surface area (Å²) in [5.41, 5.74) is 0.373. The summed E-state index contributed by atoms with van der Waals surface area (Å²) in [6, 6.07) is 3.88. The number of aromatic nitrogens is 1. The highest BCUT2D eigenvalue weighted by Crippen LogP contribution is 2.41. The largest absolute Gasteiger partial charge is 0.478 e. The van der Waals surface area contributed by atoms with Gasteiger partial charge in [-0.05, 0) is 44.2 Å². The van der Waals surface area contributed by atoms with E-state index in [4.69, 9.17) is 5.11 Å². The molecule has 0 radical (unpaired) electrons. The molecule has 1 unspecified atom stereocenters. The van der Waals surface area contributed by atoms with E-state index in [-0.39, 0.29) is 11.0 Å². The van der Waals surface area contributed by atoms with Gasteiger partial charge in [-0.1, -0.05) is 12.8 Å².